The Morgan fingerprint density at radius 3 is 2.50 bits per heavy atom. The first-order valence-corrected chi connectivity index (χ1v) is 10.3. The molecule has 1 amide bonds. The highest BCUT2D eigenvalue weighted by Gasteiger charge is 2.33. The lowest BCUT2D eigenvalue weighted by molar-refractivity contribution is -0.111. The maximum atomic E-state index is 13.3. The van der Waals surface area contributed by atoms with E-state index in [0.29, 0.717) is 16.9 Å². The smallest absolute Gasteiger partial charge is 0.249 e. The summed E-state index contributed by atoms with van der Waals surface area (Å²) in [4.78, 5) is 12.4. The van der Waals surface area contributed by atoms with Crippen LogP contribution in [0.25, 0.3) is 11.8 Å². The predicted octanol–water partition coefficient (Wildman–Crippen LogP) is 3.09. The third kappa shape index (κ3) is 3.72. The Morgan fingerprint density at radius 2 is 1.79 bits per heavy atom. The maximum absolute atomic E-state index is 13.3. The molecule has 0 bridgehead atoms. The highest BCUT2D eigenvalue weighted by Crippen LogP contribution is 2.33. The minimum Gasteiger partial charge on any atom is -0.307 e. The summed E-state index contributed by atoms with van der Waals surface area (Å²) in [6, 6.07) is 14.9. The number of carbonyl (C=O) groups excluding carboxylic acids is 1. The standard InChI is InChI=1S/C20H16FN3O3S/c21-15-7-9-16(10-8-15)24-20(17-12-28(26,27)13-18(17)23-24)22-19(25)11-6-14-4-2-1-3-5-14/h1-11H,12-13H2,(H,22,25)/b11-6+. The summed E-state index contributed by atoms with van der Waals surface area (Å²) in [5.74, 6) is -0.909. The van der Waals surface area contributed by atoms with Gasteiger partial charge in [-0.1, -0.05) is 30.3 Å². The Bertz CT molecular complexity index is 1170. The van der Waals surface area contributed by atoms with Gasteiger partial charge in [0.1, 0.15) is 11.6 Å². The third-order valence-electron chi connectivity index (χ3n) is 4.33. The molecule has 1 N–H and O–H groups in total. The summed E-state index contributed by atoms with van der Waals surface area (Å²) in [5, 5.41) is 7.06. The van der Waals surface area contributed by atoms with Crippen LogP contribution in [0, 0.1) is 5.82 Å². The Hall–Kier alpha value is -3.26. The van der Waals surface area contributed by atoms with Gasteiger partial charge in [-0.15, -0.1) is 0 Å². The number of benzene rings is 2. The molecular formula is C20H16FN3O3S. The average molecular weight is 397 g/mol. The van der Waals surface area contributed by atoms with Crippen molar-refractivity contribution in [2.45, 2.75) is 11.5 Å². The zero-order valence-electron chi connectivity index (χ0n) is 14.7. The van der Waals surface area contributed by atoms with Crippen LogP contribution in [0.2, 0.25) is 0 Å². The molecule has 8 heteroatoms. The first-order chi connectivity index (χ1) is 13.4. The van der Waals surface area contributed by atoms with E-state index in [1.165, 1.54) is 35.0 Å². The Kier molecular flexibility index (Phi) is 4.56. The fourth-order valence-corrected chi connectivity index (χ4v) is 4.53. The molecule has 142 valence electrons. The van der Waals surface area contributed by atoms with Crippen LogP contribution in [0.5, 0.6) is 0 Å². The number of halogens is 1. The highest BCUT2D eigenvalue weighted by atomic mass is 32.2. The number of fused-ring (bicyclic) bond motifs is 1. The number of rotatable bonds is 4. The van der Waals surface area contributed by atoms with E-state index in [9.17, 15) is 17.6 Å². The van der Waals surface area contributed by atoms with Gasteiger partial charge in [0.15, 0.2) is 9.84 Å². The van der Waals surface area contributed by atoms with Crippen molar-refractivity contribution in [1.82, 2.24) is 9.78 Å². The van der Waals surface area contributed by atoms with Crippen LogP contribution in [0.3, 0.4) is 0 Å². The Labute approximate surface area is 161 Å². The van der Waals surface area contributed by atoms with Crippen molar-refractivity contribution in [2.24, 2.45) is 0 Å². The van der Waals surface area contributed by atoms with Gasteiger partial charge in [0.2, 0.25) is 5.91 Å². The molecule has 4 rings (SSSR count). The molecular weight excluding hydrogens is 381 g/mol. The summed E-state index contributed by atoms with van der Waals surface area (Å²) in [5.41, 5.74) is 2.24. The second-order valence-electron chi connectivity index (χ2n) is 6.43. The van der Waals surface area contributed by atoms with Gasteiger partial charge in [0.05, 0.1) is 22.9 Å². The van der Waals surface area contributed by atoms with E-state index in [-0.39, 0.29) is 17.3 Å². The SMILES string of the molecule is O=C(/C=C/c1ccccc1)Nc1c2c(nn1-c1ccc(F)cc1)CS(=O)(=O)C2. The van der Waals surface area contributed by atoms with Crippen LogP contribution in [-0.2, 0) is 26.1 Å². The van der Waals surface area contributed by atoms with Crippen LogP contribution in [-0.4, -0.2) is 24.1 Å². The number of nitrogens with one attached hydrogen (secondary N) is 1. The van der Waals surface area contributed by atoms with Crippen molar-refractivity contribution in [3.05, 3.63) is 83.3 Å². The lowest BCUT2D eigenvalue weighted by Crippen LogP contribution is -2.14. The molecule has 28 heavy (non-hydrogen) atoms. The first-order valence-electron chi connectivity index (χ1n) is 8.52. The molecule has 0 saturated carbocycles. The number of anilines is 1. The van der Waals surface area contributed by atoms with Crippen molar-refractivity contribution in [3.63, 3.8) is 0 Å². The van der Waals surface area contributed by atoms with Crippen molar-refractivity contribution >= 4 is 27.6 Å². The zero-order chi connectivity index (χ0) is 19.7. The van der Waals surface area contributed by atoms with E-state index in [4.69, 9.17) is 0 Å². The number of hydrogen-bond acceptors (Lipinski definition) is 4. The lowest BCUT2D eigenvalue weighted by Gasteiger charge is -2.10. The van der Waals surface area contributed by atoms with E-state index in [2.05, 4.69) is 10.4 Å². The van der Waals surface area contributed by atoms with Crippen molar-refractivity contribution in [2.75, 3.05) is 5.32 Å². The fraction of sp³-hybridized carbons (Fsp3) is 0.100. The first kappa shape index (κ1) is 18.1. The van der Waals surface area contributed by atoms with Gasteiger partial charge >= 0.3 is 0 Å². The molecule has 0 spiro atoms. The van der Waals surface area contributed by atoms with Crippen LogP contribution in [0.4, 0.5) is 10.2 Å². The second-order valence-corrected chi connectivity index (χ2v) is 8.49. The monoisotopic (exact) mass is 397 g/mol. The van der Waals surface area contributed by atoms with Gasteiger partial charge < -0.3 is 5.32 Å². The minimum absolute atomic E-state index is 0.181. The largest absolute Gasteiger partial charge is 0.307 e. The molecule has 0 unspecified atom stereocenters. The Morgan fingerprint density at radius 1 is 1.07 bits per heavy atom. The van der Waals surface area contributed by atoms with Crippen molar-refractivity contribution < 1.29 is 17.6 Å². The quantitative estimate of drug-likeness (QED) is 0.686. The maximum Gasteiger partial charge on any atom is 0.249 e. The van der Waals surface area contributed by atoms with E-state index in [0.717, 1.165) is 5.56 Å². The topological polar surface area (TPSA) is 81.1 Å². The highest BCUT2D eigenvalue weighted by molar-refractivity contribution is 7.90. The molecule has 0 radical (unpaired) electrons. The third-order valence-corrected chi connectivity index (χ3v) is 5.77. The van der Waals surface area contributed by atoms with Gasteiger partial charge in [-0.3, -0.25) is 4.79 Å². The van der Waals surface area contributed by atoms with Crippen molar-refractivity contribution in [3.8, 4) is 5.69 Å². The number of hydrogen-bond donors (Lipinski definition) is 1. The Balaban J connectivity index is 1.68. The van der Waals surface area contributed by atoms with E-state index in [1.807, 2.05) is 30.3 Å². The normalized spacial score (nSPS) is 14.9. The number of amides is 1. The summed E-state index contributed by atoms with van der Waals surface area (Å²) >= 11 is 0. The van der Waals surface area contributed by atoms with Crippen LogP contribution in [0.15, 0.2) is 60.7 Å². The number of sulfone groups is 1. The lowest BCUT2D eigenvalue weighted by atomic mass is 10.2. The fourth-order valence-electron chi connectivity index (χ4n) is 3.03. The van der Waals surface area contributed by atoms with Crippen LogP contribution < -0.4 is 5.32 Å². The molecule has 0 saturated heterocycles. The molecule has 0 atom stereocenters. The predicted molar refractivity (Wildman–Crippen MR) is 104 cm³/mol. The molecule has 2 heterocycles. The van der Waals surface area contributed by atoms with Gasteiger partial charge in [0, 0.05) is 11.6 Å². The van der Waals surface area contributed by atoms with E-state index < -0.39 is 21.6 Å². The summed E-state index contributed by atoms with van der Waals surface area (Å²) in [6.45, 7) is 0. The molecule has 0 aliphatic carbocycles. The summed E-state index contributed by atoms with van der Waals surface area (Å²) in [6.07, 6.45) is 3.03. The van der Waals surface area contributed by atoms with Gasteiger partial charge in [0.25, 0.3) is 0 Å². The molecule has 2 aromatic carbocycles. The second kappa shape index (κ2) is 7.05. The van der Waals surface area contributed by atoms with Gasteiger partial charge in [-0.05, 0) is 35.9 Å². The average Bonchev–Trinajstić information content (AvgIpc) is 3.14. The van der Waals surface area contributed by atoms with E-state index >= 15 is 0 Å². The number of nitrogens with zero attached hydrogens (tertiary/aromatic N) is 2. The van der Waals surface area contributed by atoms with Crippen LogP contribution >= 0.6 is 0 Å². The summed E-state index contributed by atoms with van der Waals surface area (Å²) in [7, 11) is -3.29. The number of carbonyl (C=O) groups is 1. The van der Waals surface area contributed by atoms with Crippen molar-refractivity contribution in [1.29, 1.82) is 0 Å². The molecule has 6 nitrogen and oxygen atoms in total. The zero-order valence-corrected chi connectivity index (χ0v) is 15.5. The molecule has 1 aromatic heterocycles. The van der Waals surface area contributed by atoms with E-state index in [1.54, 1.807) is 6.08 Å². The molecule has 0 fully saturated rings. The van der Waals surface area contributed by atoms with Gasteiger partial charge in [-0.25, -0.2) is 17.5 Å². The molecule has 1 aliphatic rings. The minimum atomic E-state index is -3.29. The molecule has 1 aliphatic heterocycles. The van der Waals surface area contributed by atoms with Crippen LogP contribution in [0.1, 0.15) is 16.8 Å². The summed E-state index contributed by atoms with van der Waals surface area (Å²) < 4.78 is 38.6. The van der Waals surface area contributed by atoms with Gasteiger partial charge in [-0.2, -0.15) is 5.10 Å². The molecule has 3 aromatic rings. The number of aromatic nitrogens is 2.